The van der Waals surface area contributed by atoms with Gasteiger partial charge in [0.25, 0.3) is 0 Å². The molecule has 88 valence electrons. The second kappa shape index (κ2) is 4.79. The predicted octanol–water partition coefficient (Wildman–Crippen LogP) is 4.83. The molecule has 0 bridgehead atoms. The Kier molecular flexibility index (Phi) is 3.58. The third kappa shape index (κ3) is 3.24. The van der Waals surface area contributed by atoms with Crippen molar-refractivity contribution in [1.29, 1.82) is 0 Å². The topological polar surface area (TPSA) is 12.0 Å². The van der Waals surface area contributed by atoms with Gasteiger partial charge in [0.15, 0.2) is 0 Å². The average Bonchev–Trinajstić information content (AvgIpc) is 2.21. The summed E-state index contributed by atoms with van der Waals surface area (Å²) in [5.41, 5.74) is 1.79. The van der Waals surface area contributed by atoms with E-state index in [0.29, 0.717) is 11.5 Å². The summed E-state index contributed by atoms with van der Waals surface area (Å²) in [5, 5.41) is 3.63. The molecule has 1 aliphatic carbocycles. The van der Waals surface area contributed by atoms with Gasteiger partial charge in [-0.05, 0) is 49.3 Å². The van der Waals surface area contributed by atoms with E-state index in [1.165, 1.54) is 31.4 Å². The molecule has 0 saturated heterocycles. The van der Waals surface area contributed by atoms with E-state index in [1.54, 1.807) is 0 Å². The van der Waals surface area contributed by atoms with E-state index < -0.39 is 0 Å². The molecular weight excluding hydrogens is 262 g/mol. The minimum atomic E-state index is 0.551. The normalized spacial score (nSPS) is 20.7. The molecule has 2 heteroatoms. The molecule has 1 nitrogen and oxygen atoms in total. The molecule has 16 heavy (non-hydrogen) atoms. The molecule has 1 aliphatic rings. The van der Waals surface area contributed by atoms with Crippen LogP contribution in [-0.2, 0) is 0 Å². The lowest BCUT2D eigenvalue weighted by molar-refractivity contribution is 0.232. The Bertz CT molecular complexity index is 350. The van der Waals surface area contributed by atoms with Crippen LogP contribution in [-0.4, -0.2) is 6.04 Å². The number of benzene rings is 1. The Morgan fingerprint density at radius 3 is 2.56 bits per heavy atom. The average molecular weight is 282 g/mol. The maximum Gasteiger partial charge on any atom is 0.0353 e. The van der Waals surface area contributed by atoms with Crippen molar-refractivity contribution >= 4 is 21.6 Å². The SMILES string of the molecule is CC1(C)CCC(Nc2cccc(Br)c2)CC1. The van der Waals surface area contributed by atoms with E-state index in [9.17, 15) is 0 Å². The van der Waals surface area contributed by atoms with E-state index in [0.717, 1.165) is 4.47 Å². The zero-order chi connectivity index (χ0) is 11.6. The highest BCUT2D eigenvalue weighted by molar-refractivity contribution is 9.10. The fourth-order valence-corrected chi connectivity index (χ4v) is 2.76. The van der Waals surface area contributed by atoms with Crippen LogP contribution < -0.4 is 5.32 Å². The monoisotopic (exact) mass is 281 g/mol. The van der Waals surface area contributed by atoms with Crippen LogP contribution in [0.4, 0.5) is 5.69 Å². The number of hydrogen-bond donors (Lipinski definition) is 1. The first-order chi connectivity index (χ1) is 7.55. The van der Waals surface area contributed by atoms with Crippen LogP contribution in [0.2, 0.25) is 0 Å². The molecule has 1 fully saturated rings. The van der Waals surface area contributed by atoms with Crippen molar-refractivity contribution in [2.75, 3.05) is 5.32 Å². The second-order valence-electron chi connectivity index (χ2n) is 5.59. The van der Waals surface area contributed by atoms with Gasteiger partial charge in [-0.15, -0.1) is 0 Å². The molecule has 0 atom stereocenters. The first-order valence-electron chi connectivity index (χ1n) is 6.07. The number of anilines is 1. The summed E-state index contributed by atoms with van der Waals surface area (Å²) in [6, 6.07) is 9.10. The molecule has 1 aromatic rings. The molecule has 0 amide bonds. The van der Waals surface area contributed by atoms with Crippen molar-refractivity contribution in [2.45, 2.75) is 45.6 Å². The van der Waals surface area contributed by atoms with Crippen LogP contribution in [0.3, 0.4) is 0 Å². The largest absolute Gasteiger partial charge is 0.382 e. The van der Waals surface area contributed by atoms with Gasteiger partial charge >= 0.3 is 0 Å². The van der Waals surface area contributed by atoms with E-state index in [2.05, 4.69) is 59.4 Å². The molecule has 0 spiro atoms. The lowest BCUT2D eigenvalue weighted by Gasteiger charge is -2.35. The molecule has 1 N–H and O–H groups in total. The van der Waals surface area contributed by atoms with Crippen molar-refractivity contribution in [1.82, 2.24) is 0 Å². The summed E-state index contributed by atoms with van der Waals surface area (Å²) in [6.07, 6.45) is 5.25. The molecule has 0 radical (unpaired) electrons. The highest BCUT2D eigenvalue weighted by Gasteiger charge is 2.26. The molecular formula is C14H20BrN. The molecule has 1 saturated carbocycles. The fourth-order valence-electron chi connectivity index (χ4n) is 2.36. The Balaban J connectivity index is 1.92. The highest BCUT2D eigenvalue weighted by atomic mass is 79.9. The Morgan fingerprint density at radius 2 is 1.94 bits per heavy atom. The first-order valence-corrected chi connectivity index (χ1v) is 6.87. The molecule has 0 unspecified atom stereocenters. The smallest absolute Gasteiger partial charge is 0.0353 e. The van der Waals surface area contributed by atoms with Gasteiger partial charge in [-0.1, -0.05) is 35.8 Å². The molecule has 0 heterocycles. The van der Waals surface area contributed by atoms with Gasteiger partial charge in [-0.3, -0.25) is 0 Å². The van der Waals surface area contributed by atoms with Crippen molar-refractivity contribution in [2.24, 2.45) is 5.41 Å². The van der Waals surface area contributed by atoms with Crippen LogP contribution in [0.25, 0.3) is 0 Å². The number of rotatable bonds is 2. The van der Waals surface area contributed by atoms with Crippen molar-refractivity contribution in [3.05, 3.63) is 28.7 Å². The molecule has 0 aromatic heterocycles. The number of hydrogen-bond acceptors (Lipinski definition) is 1. The Morgan fingerprint density at radius 1 is 1.25 bits per heavy atom. The van der Waals surface area contributed by atoms with Crippen molar-refractivity contribution < 1.29 is 0 Å². The fraction of sp³-hybridized carbons (Fsp3) is 0.571. The van der Waals surface area contributed by atoms with Gasteiger partial charge in [0.2, 0.25) is 0 Å². The predicted molar refractivity (Wildman–Crippen MR) is 73.8 cm³/mol. The van der Waals surface area contributed by atoms with Gasteiger partial charge in [-0.2, -0.15) is 0 Å². The van der Waals surface area contributed by atoms with Gasteiger partial charge in [0, 0.05) is 16.2 Å². The van der Waals surface area contributed by atoms with Crippen LogP contribution in [0.1, 0.15) is 39.5 Å². The standard InChI is InChI=1S/C14H20BrN/c1-14(2)8-6-12(7-9-14)16-13-5-3-4-11(15)10-13/h3-5,10,12,16H,6-9H2,1-2H3. The zero-order valence-electron chi connectivity index (χ0n) is 10.1. The second-order valence-corrected chi connectivity index (χ2v) is 6.51. The third-order valence-electron chi connectivity index (χ3n) is 3.53. The minimum Gasteiger partial charge on any atom is -0.382 e. The Hall–Kier alpha value is -0.500. The van der Waals surface area contributed by atoms with Gasteiger partial charge in [0.1, 0.15) is 0 Å². The lowest BCUT2D eigenvalue weighted by atomic mass is 9.75. The summed E-state index contributed by atoms with van der Waals surface area (Å²) in [4.78, 5) is 0. The summed E-state index contributed by atoms with van der Waals surface area (Å²) in [7, 11) is 0. The van der Waals surface area contributed by atoms with E-state index in [-0.39, 0.29) is 0 Å². The summed E-state index contributed by atoms with van der Waals surface area (Å²) < 4.78 is 1.15. The summed E-state index contributed by atoms with van der Waals surface area (Å²) >= 11 is 3.51. The van der Waals surface area contributed by atoms with Crippen LogP contribution >= 0.6 is 15.9 Å². The maximum atomic E-state index is 3.63. The summed E-state index contributed by atoms with van der Waals surface area (Å²) in [6.45, 7) is 4.75. The quantitative estimate of drug-likeness (QED) is 0.819. The third-order valence-corrected chi connectivity index (χ3v) is 4.03. The van der Waals surface area contributed by atoms with E-state index in [1.807, 2.05) is 0 Å². The van der Waals surface area contributed by atoms with E-state index >= 15 is 0 Å². The molecule has 2 rings (SSSR count). The van der Waals surface area contributed by atoms with Crippen LogP contribution in [0, 0.1) is 5.41 Å². The Labute approximate surface area is 107 Å². The lowest BCUT2D eigenvalue weighted by Crippen LogP contribution is -2.29. The molecule has 0 aliphatic heterocycles. The first kappa shape index (κ1) is 12.0. The van der Waals surface area contributed by atoms with Gasteiger partial charge in [0.05, 0.1) is 0 Å². The molecule has 1 aromatic carbocycles. The van der Waals surface area contributed by atoms with Gasteiger partial charge in [-0.25, -0.2) is 0 Å². The highest BCUT2D eigenvalue weighted by Crippen LogP contribution is 2.36. The van der Waals surface area contributed by atoms with E-state index in [4.69, 9.17) is 0 Å². The van der Waals surface area contributed by atoms with Crippen molar-refractivity contribution in [3.8, 4) is 0 Å². The summed E-state index contributed by atoms with van der Waals surface area (Å²) in [5.74, 6) is 0. The minimum absolute atomic E-state index is 0.551. The van der Waals surface area contributed by atoms with Crippen LogP contribution in [0.15, 0.2) is 28.7 Å². The number of halogens is 1. The van der Waals surface area contributed by atoms with Crippen molar-refractivity contribution in [3.63, 3.8) is 0 Å². The number of nitrogens with one attached hydrogen (secondary N) is 1. The zero-order valence-corrected chi connectivity index (χ0v) is 11.7. The maximum absolute atomic E-state index is 3.63. The van der Waals surface area contributed by atoms with Crippen LogP contribution in [0.5, 0.6) is 0 Å². The van der Waals surface area contributed by atoms with Gasteiger partial charge < -0.3 is 5.32 Å².